The van der Waals surface area contributed by atoms with Gasteiger partial charge in [0.25, 0.3) is 5.91 Å². The van der Waals surface area contributed by atoms with E-state index in [1.165, 1.54) is 25.6 Å². The molecule has 1 amide bonds. The van der Waals surface area contributed by atoms with Crippen molar-refractivity contribution in [3.05, 3.63) is 52.3 Å². The topological polar surface area (TPSA) is 88.4 Å². The summed E-state index contributed by atoms with van der Waals surface area (Å²) < 4.78 is 23.6. The largest absolute Gasteiger partial charge is 0.493 e. The van der Waals surface area contributed by atoms with Crippen LogP contribution in [0.1, 0.15) is 27.6 Å². The molecule has 0 saturated heterocycles. The van der Waals surface area contributed by atoms with E-state index in [1.807, 2.05) is 10.6 Å². The average molecular weight is 445 g/mol. The predicted octanol–water partition coefficient (Wildman–Crippen LogP) is 3.28. The van der Waals surface area contributed by atoms with Gasteiger partial charge in [0.15, 0.2) is 16.3 Å². The van der Waals surface area contributed by atoms with Gasteiger partial charge in [-0.2, -0.15) is 4.99 Å². The maximum Gasteiger partial charge on any atom is 0.338 e. The van der Waals surface area contributed by atoms with Crippen LogP contribution in [-0.2, 0) is 16.0 Å². The van der Waals surface area contributed by atoms with E-state index in [2.05, 4.69) is 4.99 Å². The van der Waals surface area contributed by atoms with Crippen molar-refractivity contribution in [1.29, 1.82) is 0 Å². The van der Waals surface area contributed by atoms with Crippen molar-refractivity contribution >= 4 is 33.4 Å². The van der Waals surface area contributed by atoms with Crippen LogP contribution in [0.5, 0.6) is 11.5 Å². The summed E-state index contributed by atoms with van der Waals surface area (Å²) in [5.74, 6) is -0.0739. The lowest BCUT2D eigenvalue weighted by Crippen LogP contribution is -2.19. The van der Waals surface area contributed by atoms with E-state index >= 15 is 0 Å². The van der Waals surface area contributed by atoms with E-state index < -0.39 is 11.9 Å². The molecule has 0 fully saturated rings. The number of fused-ring (bicyclic) bond motifs is 1. The normalized spacial score (nSPS) is 11.5. The lowest BCUT2D eigenvalue weighted by Gasteiger charge is -2.10. The molecule has 0 N–H and O–H groups in total. The van der Waals surface area contributed by atoms with Gasteiger partial charge < -0.3 is 23.5 Å². The summed E-state index contributed by atoms with van der Waals surface area (Å²) in [4.78, 5) is 29.9. The molecule has 0 bridgehead atoms. The maximum absolute atomic E-state index is 13.0. The van der Waals surface area contributed by atoms with E-state index in [9.17, 15) is 9.59 Å². The van der Waals surface area contributed by atoms with Crippen LogP contribution in [0.3, 0.4) is 0 Å². The monoisotopic (exact) mass is 444 g/mol. The molecule has 0 aliphatic heterocycles. The predicted molar refractivity (Wildman–Crippen MR) is 117 cm³/mol. The molecule has 3 aromatic rings. The van der Waals surface area contributed by atoms with Gasteiger partial charge in [-0.15, -0.1) is 0 Å². The molecule has 9 heteroatoms. The first-order chi connectivity index (χ1) is 15.0. The highest BCUT2D eigenvalue weighted by atomic mass is 32.1. The minimum atomic E-state index is -0.459. The highest BCUT2D eigenvalue weighted by molar-refractivity contribution is 7.16. The third-order valence-electron chi connectivity index (χ3n) is 4.54. The molecule has 0 aliphatic rings. The number of esters is 1. The van der Waals surface area contributed by atoms with Gasteiger partial charge in [-0.25, -0.2) is 4.79 Å². The number of methoxy groups -OCH3 is 3. The second-order valence-corrected chi connectivity index (χ2v) is 7.40. The number of thiazole rings is 1. The van der Waals surface area contributed by atoms with Gasteiger partial charge in [-0.05, 0) is 37.3 Å². The summed E-state index contributed by atoms with van der Waals surface area (Å²) >= 11 is 1.31. The Bertz CT molecular complexity index is 1160. The van der Waals surface area contributed by atoms with Crippen molar-refractivity contribution < 1.29 is 28.5 Å². The van der Waals surface area contributed by atoms with Crippen LogP contribution < -0.4 is 14.3 Å². The van der Waals surface area contributed by atoms with Crippen LogP contribution in [-0.4, -0.2) is 51.0 Å². The Balaban J connectivity index is 2.12. The molecule has 31 heavy (non-hydrogen) atoms. The van der Waals surface area contributed by atoms with Gasteiger partial charge in [0, 0.05) is 13.7 Å². The average Bonchev–Trinajstić information content (AvgIpc) is 3.12. The second kappa shape index (κ2) is 10.2. The highest BCUT2D eigenvalue weighted by Crippen LogP contribution is 2.31. The van der Waals surface area contributed by atoms with Crippen molar-refractivity contribution in [3.8, 4) is 11.5 Å². The number of aromatic nitrogens is 1. The molecular weight excluding hydrogens is 420 g/mol. The molecule has 0 atom stereocenters. The Hall–Kier alpha value is -3.17. The molecule has 164 valence electrons. The molecular formula is C22H24N2O6S. The van der Waals surface area contributed by atoms with Crippen LogP contribution in [0.2, 0.25) is 0 Å². The van der Waals surface area contributed by atoms with Crippen molar-refractivity contribution in [2.75, 3.05) is 34.5 Å². The number of hydrogen-bond acceptors (Lipinski definition) is 7. The van der Waals surface area contributed by atoms with E-state index in [0.717, 1.165) is 10.2 Å². The van der Waals surface area contributed by atoms with Crippen LogP contribution in [0.25, 0.3) is 10.2 Å². The quantitative estimate of drug-likeness (QED) is 0.496. The molecule has 2 aromatic carbocycles. The number of nitrogens with zero attached hydrogens (tertiary/aromatic N) is 2. The molecule has 8 nitrogen and oxygen atoms in total. The molecule has 0 spiro atoms. The zero-order chi connectivity index (χ0) is 22.4. The van der Waals surface area contributed by atoms with Crippen molar-refractivity contribution in [3.63, 3.8) is 0 Å². The zero-order valence-corrected chi connectivity index (χ0v) is 18.7. The Morgan fingerprint density at radius 1 is 1.10 bits per heavy atom. The maximum atomic E-state index is 13.0. The number of carbonyl (C=O) groups excluding carboxylic acids is 2. The number of benzene rings is 2. The lowest BCUT2D eigenvalue weighted by molar-refractivity contribution is 0.0526. The van der Waals surface area contributed by atoms with E-state index in [-0.39, 0.29) is 0 Å². The Labute approximate surface area is 183 Å². The lowest BCUT2D eigenvalue weighted by atomic mass is 10.2. The van der Waals surface area contributed by atoms with Crippen molar-refractivity contribution in [1.82, 2.24) is 4.57 Å². The molecule has 0 aliphatic carbocycles. The number of carbonyl (C=O) groups is 2. The summed E-state index contributed by atoms with van der Waals surface area (Å²) in [5, 5.41) is 0. The van der Waals surface area contributed by atoms with Crippen molar-refractivity contribution in [2.24, 2.45) is 4.99 Å². The first-order valence-corrected chi connectivity index (χ1v) is 10.4. The van der Waals surface area contributed by atoms with Gasteiger partial charge >= 0.3 is 5.97 Å². The summed E-state index contributed by atoms with van der Waals surface area (Å²) in [6.07, 6.45) is 0. The van der Waals surface area contributed by atoms with Gasteiger partial charge in [0.2, 0.25) is 0 Å². The van der Waals surface area contributed by atoms with Gasteiger partial charge in [-0.3, -0.25) is 4.79 Å². The Kier molecular flexibility index (Phi) is 7.43. The SMILES string of the molecule is CCOC(=O)c1ccc2c(c1)sc(=NC(=O)c1cccc(OC)c1OC)n2CCOC. The summed E-state index contributed by atoms with van der Waals surface area (Å²) in [5.41, 5.74) is 1.59. The fourth-order valence-corrected chi connectivity index (χ4v) is 4.20. The minimum Gasteiger partial charge on any atom is -0.493 e. The first-order valence-electron chi connectivity index (χ1n) is 9.63. The molecule has 3 rings (SSSR count). The smallest absolute Gasteiger partial charge is 0.338 e. The van der Waals surface area contributed by atoms with Crippen LogP contribution in [0, 0.1) is 0 Å². The zero-order valence-electron chi connectivity index (χ0n) is 17.8. The van der Waals surface area contributed by atoms with Crippen LogP contribution >= 0.6 is 11.3 Å². The molecule has 0 unspecified atom stereocenters. The Morgan fingerprint density at radius 3 is 2.58 bits per heavy atom. The number of para-hydroxylation sites is 1. The molecule has 0 radical (unpaired) electrons. The third-order valence-corrected chi connectivity index (χ3v) is 5.58. The fraction of sp³-hybridized carbons (Fsp3) is 0.318. The van der Waals surface area contributed by atoms with E-state index in [1.54, 1.807) is 44.4 Å². The van der Waals surface area contributed by atoms with E-state index in [0.29, 0.717) is 47.2 Å². The molecule has 1 aromatic heterocycles. The fourth-order valence-electron chi connectivity index (χ4n) is 3.10. The summed E-state index contributed by atoms with van der Waals surface area (Å²) in [6, 6.07) is 10.3. The van der Waals surface area contributed by atoms with Gasteiger partial charge in [0.05, 0.1) is 48.8 Å². The molecule has 0 saturated carbocycles. The summed E-state index contributed by atoms with van der Waals surface area (Å²) in [6.45, 7) is 2.99. The Morgan fingerprint density at radius 2 is 1.90 bits per heavy atom. The third kappa shape index (κ3) is 4.78. The van der Waals surface area contributed by atoms with Crippen molar-refractivity contribution in [2.45, 2.75) is 13.5 Å². The first kappa shape index (κ1) is 22.5. The van der Waals surface area contributed by atoms with Gasteiger partial charge in [-0.1, -0.05) is 17.4 Å². The second-order valence-electron chi connectivity index (χ2n) is 6.39. The number of hydrogen-bond donors (Lipinski definition) is 0. The number of amides is 1. The standard InChI is InChI=1S/C22H24N2O6S/c1-5-30-21(26)14-9-10-16-18(13-14)31-22(24(16)11-12-27-2)23-20(25)15-7-6-8-17(28-3)19(15)29-4/h6-10,13H,5,11-12H2,1-4H3. The van der Waals surface area contributed by atoms with Crippen LogP contribution in [0.15, 0.2) is 41.4 Å². The number of rotatable bonds is 8. The van der Waals surface area contributed by atoms with E-state index in [4.69, 9.17) is 18.9 Å². The van der Waals surface area contributed by atoms with Crippen LogP contribution in [0.4, 0.5) is 0 Å². The molecule has 1 heterocycles. The highest BCUT2D eigenvalue weighted by Gasteiger charge is 2.17. The van der Waals surface area contributed by atoms with Gasteiger partial charge in [0.1, 0.15) is 0 Å². The summed E-state index contributed by atoms with van der Waals surface area (Å²) in [7, 11) is 4.59. The minimum absolute atomic E-state index is 0.296. The number of ether oxygens (including phenoxy) is 4.